The first-order chi connectivity index (χ1) is 7.88. The fourth-order valence-electron chi connectivity index (χ4n) is 0.938. The molecule has 0 aliphatic rings. The molecule has 0 aromatic carbocycles. The van der Waals surface area contributed by atoms with Crippen molar-refractivity contribution in [3.05, 3.63) is 48.2 Å². The number of allylic oxidation sites excluding steroid dienone is 6. The molecule has 3 heteroatoms. The number of aliphatic imine (C=N–C) groups is 1. The molecule has 0 heterocycles. The van der Waals surface area contributed by atoms with Crippen LogP contribution in [0.3, 0.4) is 0 Å². The smallest absolute Gasteiger partial charge is 0.258 e. The minimum atomic E-state index is -2.73. The quantitative estimate of drug-likeness (QED) is 0.362. The molecule has 0 saturated carbocycles. The summed E-state index contributed by atoms with van der Waals surface area (Å²) in [5.74, 6) is -2.73. The van der Waals surface area contributed by atoms with Crippen LogP contribution in [0.1, 0.15) is 27.2 Å². The van der Waals surface area contributed by atoms with Gasteiger partial charge in [-0.1, -0.05) is 24.8 Å². The number of alkyl halides is 2. The predicted molar refractivity (Wildman–Crippen MR) is 70.6 cm³/mol. The van der Waals surface area contributed by atoms with E-state index in [1.165, 1.54) is 13.0 Å². The maximum absolute atomic E-state index is 12.7. The second kappa shape index (κ2) is 7.71. The van der Waals surface area contributed by atoms with Crippen LogP contribution < -0.4 is 0 Å². The Morgan fingerprint density at radius 1 is 1.41 bits per heavy atom. The van der Waals surface area contributed by atoms with Crippen LogP contribution in [-0.4, -0.2) is 12.1 Å². The van der Waals surface area contributed by atoms with Crippen LogP contribution in [0.5, 0.6) is 0 Å². The van der Waals surface area contributed by atoms with Crippen LogP contribution in [0, 0.1) is 0 Å². The van der Waals surface area contributed by atoms with Gasteiger partial charge in [0, 0.05) is 13.1 Å². The third-order valence-corrected chi connectivity index (χ3v) is 2.07. The van der Waals surface area contributed by atoms with E-state index in [0.29, 0.717) is 12.1 Å². The van der Waals surface area contributed by atoms with Crippen LogP contribution in [0.25, 0.3) is 0 Å². The van der Waals surface area contributed by atoms with E-state index in [4.69, 9.17) is 0 Å². The number of rotatable bonds is 6. The van der Waals surface area contributed by atoms with Gasteiger partial charge in [-0.2, -0.15) is 0 Å². The highest BCUT2D eigenvalue weighted by molar-refractivity contribution is 5.72. The fourth-order valence-corrected chi connectivity index (χ4v) is 0.938. The molecule has 0 N–H and O–H groups in total. The van der Waals surface area contributed by atoms with Gasteiger partial charge in [-0.05, 0) is 38.0 Å². The molecule has 94 valence electrons. The molecule has 0 aromatic rings. The van der Waals surface area contributed by atoms with Crippen LogP contribution in [0.4, 0.5) is 8.78 Å². The van der Waals surface area contributed by atoms with Crippen LogP contribution in [0.15, 0.2) is 53.2 Å². The van der Waals surface area contributed by atoms with Crippen molar-refractivity contribution in [2.75, 3.05) is 0 Å². The highest BCUT2D eigenvalue weighted by Crippen LogP contribution is 2.22. The van der Waals surface area contributed by atoms with Gasteiger partial charge in [0.2, 0.25) is 0 Å². The standard InChI is InChI=1S/C14H19F2N/c1-5-9-13(3)17-11-8-6-7-10-12(2)14(4,15)16/h5-6,8-11H,3,7H2,1-2,4H3/b8-6-,9-5-,12-10+,17-11?. The minimum absolute atomic E-state index is 0.0809. The number of hydrogen-bond donors (Lipinski definition) is 0. The van der Waals surface area contributed by atoms with E-state index in [-0.39, 0.29) is 5.57 Å². The lowest BCUT2D eigenvalue weighted by molar-refractivity contribution is 0.0632. The fraction of sp³-hybridized carbons (Fsp3) is 0.357. The zero-order valence-corrected chi connectivity index (χ0v) is 10.6. The lowest BCUT2D eigenvalue weighted by Crippen LogP contribution is -2.10. The monoisotopic (exact) mass is 239 g/mol. The van der Waals surface area contributed by atoms with E-state index < -0.39 is 5.92 Å². The Labute approximate surface area is 102 Å². The second-order valence-electron chi connectivity index (χ2n) is 3.71. The minimum Gasteiger partial charge on any atom is -0.258 e. The number of hydrogen-bond acceptors (Lipinski definition) is 1. The Kier molecular flexibility index (Phi) is 7.03. The summed E-state index contributed by atoms with van der Waals surface area (Å²) >= 11 is 0. The first-order valence-electron chi connectivity index (χ1n) is 5.43. The normalized spacial score (nSPS) is 14.3. The molecule has 0 unspecified atom stereocenters. The maximum Gasteiger partial charge on any atom is 0.266 e. The van der Waals surface area contributed by atoms with Crippen molar-refractivity contribution < 1.29 is 8.78 Å². The summed E-state index contributed by atoms with van der Waals surface area (Å²) in [4.78, 5) is 4.02. The molecule has 0 rings (SSSR count). The van der Waals surface area contributed by atoms with Crippen molar-refractivity contribution in [2.45, 2.75) is 33.1 Å². The maximum atomic E-state index is 12.7. The molecule has 0 bridgehead atoms. The van der Waals surface area contributed by atoms with Crippen molar-refractivity contribution in [3.8, 4) is 0 Å². The molecule has 0 aliphatic heterocycles. The molecule has 0 fully saturated rings. The van der Waals surface area contributed by atoms with Crippen LogP contribution in [-0.2, 0) is 0 Å². The van der Waals surface area contributed by atoms with E-state index >= 15 is 0 Å². The summed E-state index contributed by atoms with van der Waals surface area (Å²) in [6, 6.07) is 0. The highest BCUT2D eigenvalue weighted by Gasteiger charge is 2.22. The van der Waals surface area contributed by atoms with Gasteiger partial charge in [0.1, 0.15) is 0 Å². The molecule has 0 amide bonds. The van der Waals surface area contributed by atoms with Crippen molar-refractivity contribution in [3.63, 3.8) is 0 Å². The summed E-state index contributed by atoms with van der Waals surface area (Å²) in [7, 11) is 0. The molecule has 0 spiro atoms. The van der Waals surface area contributed by atoms with E-state index in [0.717, 1.165) is 6.92 Å². The summed E-state index contributed by atoms with van der Waals surface area (Å²) in [6.07, 6.45) is 10.7. The summed E-state index contributed by atoms with van der Waals surface area (Å²) < 4.78 is 25.5. The predicted octanol–water partition coefficient (Wildman–Crippen LogP) is 4.69. The average molecular weight is 239 g/mol. The Morgan fingerprint density at radius 3 is 2.59 bits per heavy atom. The lowest BCUT2D eigenvalue weighted by Gasteiger charge is -2.09. The third-order valence-electron chi connectivity index (χ3n) is 2.07. The van der Waals surface area contributed by atoms with Gasteiger partial charge >= 0.3 is 0 Å². The molecule has 0 aromatic heterocycles. The van der Waals surface area contributed by atoms with E-state index in [2.05, 4.69) is 11.6 Å². The zero-order valence-electron chi connectivity index (χ0n) is 10.6. The molecule has 0 aliphatic carbocycles. The summed E-state index contributed by atoms with van der Waals surface area (Å²) in [6.45, 7) is 7.90. The first-order valence-corrected chi connectivity index (χ1v) is 5.43. The molecule has 0 radical (unpaired) electrons. The van der Waals surface area contributed by atoms with Crippen molar-refractivity contribution in [1.82, 2.24) is 0 Å². The molecule has 17 heavy (non-hydrogen) atoms. The van der Waals surface area contributed by atoms with Crippen LogP contribution >= 0.6 is 0 Å². The highest BCUT2D eigenvalue weighted by atomic mass is 19.3. The summed E-state index contributed by atoms with van der Waals surface area (Å²) in [5, 5.41) is 0. The number of nitrogens with zero attached hydrogens (tertiary/aromatic N) is 1. The molecule has 0 saturated heterocycles. The SMILES string of the molecule is C=C(/C=C\C)N=C/C=C\C/C=C(\C)C(C)(F)F. The van der Waals surface area contributed by atoms with Gasteiger partial charge < -0.3 is 0 Å². The Balaban J connectivity index is 4.11. The van der Waals surface area contributed by atoms with Crippen molar-refractivity contribution in [1.29, 1.82) is 0 Å². The van der Waals surface area contributed by atoms with Gasteiger partial charge in [0.15, 0.2) is 0 Å². The Morgan fingerprint density at radius 2 is 2.06 bits per heavy atom. The van der Waals surface area contributed by atoms with Gasteiger partial charge in [0.05, 0.1) is 5.70 Å². The van der Waals surface area contributed by atoms with E-state index in [1.54, 1.807) is 24.4 Å². The van der Waals surface area contributed by atoms with Crippen LogP contribution in [0.2, 0.25) is 0 Å². The number of halogens is 2. The third kappa shape index (κ3) is 8.31. The summed E-state index contributed by atoms with van der Waals surface area (Å²) in [5.41, 5.74) is 0.737. The van der Waals surface area contributed by atoms with Crippen molar-refractivity contribution >= 4 is 6.21 Å². The second-order valence-corrected chi connectivity index (χ2v) is 3.71. The molecular formula is C14H19F2N. The Hall–Kier alpha value is -1.51. The van der Waals surface area contributed by atoms with Gasteiger partial charge in [-0.25, -0.2) is 8.78 Å². The first kappa shape index (κ1) is 15.5. The Bertz CT molecular complexity index is 355. The molecular weight excluding hydrogens is 220 g/mol. The molecule has 1 nitrogen and oxygen atoms in total. The lowest BCUT2D eigenvalue weighted by atomic mass is 10.1. The van der Waals surface area contributed by atoms with Gasteiger partial charge in [-0.3, -0.25) is 4.99 Å². The zero-order chi connectivity index (χ0) is 13.3. The topological polar surface area (TPSA) is 12.4 Å². The molecule has 0 atom stereocenters. The largest absolute Gasteiger partial charge is 0.266 e. The van der Waals surface area contributed by atoms with Gasteiger partial charge in [0.25, 0.3) is 5.92 Å². The van der Waals surface area contributed by atoms with Gasteiger partial charge in [-0.15, -0.1) is 0 Å². The van der Waals surface area contributed by atoms with Crippen molar-refractivity contribution in [2.24, 2.45) is 4.99 Å². The average Bonchev–Trinajstić information content (AvgIpc) is 2.21. The van der Waals surface area contributed by atoms with E-state index in [1.807, 2.05) is 13.0 Å². The van der Waals surface area contributed by atoms with E-state index in [9.17, 15) is 8.78 Å².